The Bertz CT molecular complexity index is 2130. The number of hydrogen-bond acceptors (Lipinski definition) is 6. The first kappa shape index (κ1) is 32.6. The van der Waals surface area contributed by atoms with Gasteiger partial charge in [0.1, 0.15) is 23.1 Å². The number of carbonyl (C=O) groups excluding carboxylic acids is 2. The molecule has 13 heteroatoms. The van der Waals surface area contributed by atoms with Gasteiger partial charge in [-0.2, -0.15) is 13.2 Å². The molecule has 0 saturated carbocycles. The number of nitrogens with one attached hydrogen (secondary N) is 1. The number of alkyl halides is 3. The van der Waals surface area contributed by atoms with Crippen molar-refractivity contribution < 1.29 is 41.4 Å². The topological polar surface area (TPSA) is 91.8 Å². The molecule has 0 aliphatic carbocycles. The molecule has 6 rings (SSSR count). The molecule has 1 amide bonds. The zero-order valence-electron chi connectivity index (χ0n) is 24.8. The van der Waals surface area contributed by atoms with Crippen molar-refractivity contribution in [3.63, 3.8) is 0 Å². The Labute approximate surface area is 274 Å². The van der Waals surface area contributed by atoms with Gasteiger partial charge >= 0.3 is 6.18 Å². The second-order valence-electron chi connectivity index (χ2n) is 10.9. The van der Waals surface area contributed by atoms with Crippen molar-refractivity contribution in [1.82, 2.24) is 9.88 Å². The number of rotatable bonds is 7. The number of ether oxygens (including phenoxy) is 1. The van der Waals surface area contributed by atoms with E-state index in [4.69, 9.17) is 16.3 Å². The highest BCUT2D eigenvalue weighted by atomic mass is 35.5. The number of nitrogens with zero attached hydrogens (tertiary/aromatic N) is 2. The van der Waals surface area contributed by atoms with Crippen LogP contribution in [0.5, 0.6) is 5.75 Å². The van der Waals surface area contributed by atoms with Gasteiger partial charge in [0, 0.05) is 44.9 Å². The quantitative estimate of drug-likeness (QED) is 0.135. The first-order valence-corrected chi connectivity index (χ1v) is 14.7. The third kappa shape index (κ3) is 6.09. The molecule has 244 valence electrons. The Morgan fingerprint density at radius 2 is 1.77 bits per heavy atom. The monoisotopic (exact) mass is 679 g/mol. The molecule has 4 aromatic carbocycles. The summed E-state index contributed by atoms with van der Waals surface area (Å²) >= 11 is 6.64. The standard InChI is InChI=1S/C35H23ClF5N3O4/c1-48-24-6-2-18(3-7-24)15-44-30(17-46)31-25-8-5-23(16-45)42-28(25)14-29(32(31)33(44)26-13-21(37)4-9-27(26)36)43-34(47)19-10-20(35(39,40)41)12-22(38)11-19/h2-14,33,45H,15-16H2,1H3,(H,43,47). The van der Waals surface area contributed by atoms with E-state index in [1.54, 1.807) is 35.2 Å². The fourth-order valence-corrected chi connectivity index (χ4v) is 6.05. The van der Waals surface area contributed by atoms with E-state index >= 15 is 0 Å². The molecule has 2 heterocycles. The molecule has 0 spiro atoms. The number of aliphatic hydroxyl groups excluding tert-OH is 1. The maximum Gasteiger partial charge on any atom is 0.416 e. The van der Waals surface area contributed by atoms with Gasteiger partial charge in [0.2, 0.25) is 0 Å². The first-order valence-electron chi connectivity index (χ1n) is 14.3. The van der Waals surface area contributed by atoms with Crippen molar-refractivity contribution >= 4 is 45.7 Å². The lowest BCUT2D eigenvalue weighted by atomic mass is 9.92. The van der Waals surface area contributed by atoms with Crippen molar-refractivity contribution in [2.24, 2.45) is 0 Å². The zero-order valence-corrected chi connectivity index (χ0v) is 25.6. The van der Waals surface area contributed by atoms with Crippen LogP contribution in [0.2, 0.25) is 5.02 Å². The number of fused-ring (bicyclic) bond motifs is 3. The van der Waals surface area contributed by atoms with Gasteiger partial charge in [0.15, 0.2) is 5.94 Å². The number of hydrogen-bond donors (Lipinski definition) is 2. The number of carbonyl (C=O) groups is 1. The van der Waals surface area contributed by atoms with Crippen LogP contribution in [0.4, 0.5) is 27.6 Å². The van der Waals surface area contributed by atoms with Crippen LogP contribution in [0.1, 0.15) is 49.9 Å². The predicted molar refractivity (Wildman–Crippen MR) is 168 cm³/mol. The van der Waals surface area contributed by atoms with Crippen LogP contribution in [0.15, 0.2) is 78.9 Å². The SMILES string of the molecule is COc1ccc(CN2C(=C=O)c3c(c(NC(=O)c4cc(F)cc(C(F)(F)F)c4)cc4nc(CO)ccc34)C2c2cc(F)ccc2Cl)cc1. The molecule has 0 saturated heterocycles. The summed E-state index contributed by atoms with van der Waals surface area (Å²) in [5.74, 6) is -0.481. The van der Waals surface area contributed by atoms with Gasteiger partial charge in [-0.25, -0.2) is 13.6 Å². The average molecular weight is 680 g/mol. The molecule has 1 aliphatic heterocycles. The van der Waals surface area contributed by atoms with E-state index in [2.05, 4.69) is 10.3 Å². The number of halogens is 6. The van der Waals surface area contributed by atoms with Crippen LogP contribution in [-0.2, 0) is 24.1 Å². The van der Waals surface area contributed by atoms with Crippen molar-refractivity contribution in [3.8, 4) is 5.75 Å². The summed E-state index contributed by atoms with van der Waals surface area (Å²) in [6.07, 6.45) is -4.93. The molecule has 1 aromatic heterocycles. The highest BCUT2D eigenvalue weighted by Gasteiger charge is 2.41. The number of methoxy groups -OCH3 is 1. The van der Waals surface area contributed by atoms with Crippen LogP contribution in [0, 0.1) is 11.6 Å². The molecule has 1 atom stereocenters. The Morgan fingerprint density at radius 3 is 2.44 bits per heavy atom. The lowest BCUT2D eigenvalue weighted by Crippen LogP contribution is -2.24. The smallest absolute Gasteiger partial charge is 0.416 e. The second-order valence-corrected chi connectivity index (χ2v) is 11.3. The lowest BCUT2D eigenvalue weighted by Gasteiger charge is -2.29. The van der Waals surface area contributed by atoms with Crippen LogP contribution >= 0.6 is 11.6 Å². The summed E-state index contributed by atoms with van der Waals surface area (Å²) in [7, 11) is 1.51. The van der Waals surface area contributed by atoms with Crippen molar-refractivity contribution in [2.75, 3.05) is 12.4 Å². The highest BCUT2D eigenvalue weighted by molar-refractivity contribution is 6.31. The van der Waals surface area contributed by atoms with E-state index in [-0.39, 0.29) is 56.9 Å². The number of benzene rings is 4. The molecule has 1 unspecified atom stereocenters. The number of aromatic nitrogens is 1. The Morgan fingerprint density at radius 1 is 1.02 bits per heavy atom. The second kappa shape index (κ2) is 12.7. The minimum absolute atomic E-state index is 0.00379. The number of pyridine rings is 1. The average Bonchev–Trinajstić information content (AvgIpc) is 3.39. The maximum atomic E-state index is 14.8. The zero-order chi connectivity index (χ0) is 34.3. The number of amides is 1. The molecule has 2 N–H and O–H groups in total. The fraction of sp³-hybridized carbons (Fsp3) is 0.143. The Balaban J connectivity index is 1.60. The van der Waals surface area contributed by atoms with Gasteiger partial charge in [-0.15, -0.1) is 0 Å². The minimum atomic E-state index is -4.93. The van der Waals surface area contributed by atoms with E-state index < -0.39 is 47.5 Å². The minimum Gasteiger partial charge on any atom is -0.497 e. The maximum absolute atomic E-state index is 14.8. The molecule has 5 aromatic rings. The summed E-state index contributed by atoms with van der Waals surface area (Å²) in [5.41, 5.74) is -0.206. The van der Waals surface area contributed by atoms with Crippen molar-refractivity contribution in [2.45, 2.75) is 25.4 Å². The summed E-state index contributed by atoms with van der Waals surface area (Å²) in [6.45, 7) is -0.393. The van der Waals surface area contributed by atoms with Gasteiger partial charge in [0.25, 0.3) is 5.91 Å². The Hall–Kier alpha value is -5.29. The largest absolute Gasteiger partial charge is 0.497 e. The van der Waals surface area contributed by atoms with E-state index in [0.29, 0.717) is 28.8 Å². The van der Waals surface area contributed by atoms with E-state index in [1.165, 1.54) is 31.4 Å². The van der Waals surface area contributed by atoms with Crippen molar-refractivity contribution in [3.05, 3.63) is 135 Å². The van der Waals surface area contributed by atoms with Gasteiger partial charge in [-0.3, -0.25) is 9.78 Å². The molecular weight excluding hydrogens is 657 g/mol. The van der Waals surface area contributed by atoms with Crippen molar-refractivity contribution in [1.29, 1.82) is 0 Å². The molecule has 1 aliphatic rings. The van der Waals surface area contributed by atoms with Crippen LogP contribution in [0.3, 0.4) is 0 Å². The molecule has 0 fully saturated rings. The van der Waals surface area contributed by atoms with E-state index in [1.807, 2.05) is 5.94 Å². The van der Waals surface area contributed by atoms with Crippen LogP contribution in [-0.4, -0.2) is 33.9 Å². The summed E-state index contributed by atoms with van der Waals surface area (Å²) < 4.78 is 74.9. The third-order valence-electron chi connectivity index (χ3n) is 7.96. The Kier molecular flexibility index (Phi) is 8.65. The number of aliphatic hydroxyl groups is 1. The summed E-state index contributed by atoms with van der Waals surface area (Å²) in [6, 6.07) is 15.5. The van der Waals surface area contributed by atoms with E-state index in [0.717, 1.165) is 6.07 Å². The highest BCUT2D eigenvalue weighted by Crippen LogP contribution is 2.52. The van der Waals surface area contributed by atoms with Gasteiger partial charge in [0.05, 0.1) is 36.5 Å². The van der Waals surface area contributed by atoms with E-state index in [9.17, 15) is 36.6 Å². The molecule has 48 heavy (non-hydrogen) atoms. The molecular formula is C35H23ClF5N3O4. The third-order valence-corrected chi connectivity index (χ3v) is 8.30. The molecule has 7 nitrogen and oxygen atoms in total. The summed E-state index contributed by atoms with van der Waals surface area (Å²) in [4.78, 5) is 32.5. The van der Waals surface area contributed by atoms with Gasteiger partial charge in [-0.1, -0.05) is 29.8 Å². The summed E-state index contributed by atoms with van der Waals surface area (Å²) in [5, 5.41) is 12.9. The lowest BCUT2D eigenvalue weighted by molar-refractivity contribution is -0.137. The number of anilines is 1. The predicted octanol–water partition coefficient (Wildman–Crippen LogP) is 7.72. The van der Waals surface area contributed by atoms with Crippen LogP contribution < -0.4 is 10.1 Å². The normalized spacial score (nSPS) is 14.2. The molecule has 0 bridgehead atoms. The first-order chi connectivity index (χ1) is 22.9. The molecule has 0 radical (unpaired) electrons. The fourth-order valence-electron chi connectivity index (χ4n) is 5.83. The van der Waals surface area contributed by atoms with Crippen LogP contribution in [0.25, 0.3) is 16.6 Å². The van der Waals surface area contributed by atoms with Gasteiger partial charge in [-0.05, 0) is 66.2 Å². The van der Waals surface area contributed by atoms with Gasteiger partial charge < -0.3 is 20.1 Å².